The average Bonchev–Trinajstić information content (AvgIpc) is 3.26. The first-order valence-electron chi connectivity index (χ1n) is 27.8. The van der Waals surface area contributed by atoms with Crippen LogP contribution in [0.25, 0.3) is 0 Å². The van der Waals surface area contributed by atoms with Crippen LogP contribution in [0.2, 0.25) is 0 Å². The van der Waals surface area contributed by atoms with Gasteiger partial charge in [0.1, 0.15) is 13.2 Å². The van der Waals surface area contributed by atoms with Crippen LogP contribution in [-0.4, -0.2) is 37.2 Å². The fourth-order valence-corrected chi connectivity index (χ4v) is 8.49. The molecule has 62 heavy (non-hydrogen) atoms. The summed E-state index contributed by atoms with van der Waals surface area (Å²) in [5, 5.41) is 0. The number of hydrogen-bond donors (Lipinski definition) is 0. The van der Waals surface area contributed by atoms with E-state index in [1.165, 1.54) is 199 Å². The summed E-state index contributed by atoms with van der Waals surface area (Å²) in [6, 6.07) is 0. The largest absolute Gasteiger partial charge is 0.462 e. The summed E-state index contributed by atoms with van der Waals surface area (Å²) in [6.07, 6.45) is 51.0. The van der Waals surface area contributed by atoms with Gasteiger partial charge in [0.2, 0.25) is 0 Å². The van der Waals surface area contributed by atoms with Crippen LogP contribution in [0.15, 0.2) is 0 Å². The van der Waals surface area contributed by atoms with Crippen molar-refractivity contribution in [1.82, 2.24) is 0 Å². The molecule has 1 unspecified atom stereocenters. The molecule has 0 aliphatic carbocycles. The number of carbonyl (C=O) groups excluding carboxylic acids is 3. The van der Waals surface area contributed by atoms with Gasteiger partial charge in [-0.3, -0.25) is 14.4 Å². The summed E-state index contributed by atoms with van der Waals surface area (Å²) >= 11 is 0. The van der Waals surface area contributed by atoms with Crippen LogP contribution < -0.4 is 0 Å². The Balaban J connectivity index is 4.17. The predicted octanol–water partition coefficient (Wildman–Crippen LogP) is 18.1. The molecule has 0 N–H and O–H groups in total. The fourth-order valence-electron chi connectivity index (χ4n) is 8.49. The van der Waals surface area contributed by atoms with E-state index >= 15 is 0 Å². The minimum absolute atomic E-state index is 0.0635. The maximum atomic E-state index is 12.8. The minimum atomic E-state index is -0.761. The smallest absolute Gasteiger partial charge is 0.306 e. The number of carbonyl (C=O) groups is 3. The molecule has 0 saturated carbocycles. The van der Waals surface area contributed by atoms with Crippen molar-refractivity contribution in [1.29, 1.82) is 0 Å². The van der Waals surface area contributed by atoms with Crippen LogP contribution in [0.1, 0.15) is 311 Å². The van der Waals surface area contributed by atoms with E-state index in [1.54, 1.807) is 0 Å². The van der Waals surface area contributed by atoms with E-state index in [9.17, 15) is 14.4 Å². The molecule has 0 saturated heterocycles. The highest BCUT2D eigenvalue weighted by Crippen LogP contribution is 2.18. The Hall–Kier alpha value is -1.59. The SMILES string of the molecule is CCCCCCCCCCCCCC(=O)O[C@@H](COC(=O)CCCCCCCCCCCCCCCCCCCCC(C)CC)COC(=O)CCCCCCCCCCC(C)C. The maximum absolute atomic E-state index is 12.8. The minimum Gasteiger partial charge on any atom is -0.462 e. The van der Waals surface area contributed by atoms with E-state index < -0.39 is 6.10 Å². The van der Waals surface area contributed by atoms with Crippen molar-refractivity contribution in [3.05, 3.63) is 0 Å². The third-order valence-electron chi connectivity index (χ3n) is 13.1. The highest BCUT2D eigenvalue weighted by atomic mass is 16.6. The first-order chi connectivity index (χ1) is 30.3. The van der Waals surface area contributed by atoms with Crippen molar-refractivity contribution in [3.8, 4) is 0 Å². The van der Waals surface area contributed by atoms with E-state index in [1.807, 2.05) is 0 Å². The summed E-state index contributed by atoms with van der Waals surface area (Å²) in [4.78, 5) is 38.0. The van der Waals surface area contributed by atoms with Crippen LogP contribution in [0.4, 0.5) is 0 Å². The number of unbranched alkanes of at least 4 members (excludes halogenated alkanes) is 34. The van der Waals surface area contributed by atoms with Gasteiger partial charge in [0.05, 0.1) is 0 Å². The van der Waals surface area contributed by atoms with Gasteiger partial charge in [-0.2, -0.15) is 0 Å². The zero-order valence-corrected chi connectivity index (χ0v) is 42.5. The van der Waals surface area contributed by atoms with Gasteiger partial charge in [-0.05, 0) is 31.1 Å². The Morgan fingerprint density at radius 3 is 0.919 bits per heavy atom. The van der Waals surface area contributed by atoms with Crippen molar-refractivity contribution in [2.24, 2.45) is 11.8 Å². The second kappa shape index (κ2) is 48.9. The standard InChI is InChI=1S/C56H108O6/c1-6-8-9-10-11-12-21-26-33-38-43-48-56(59)62-53(50-61-55(58)47-42-37-32-28-27-29-34-39-44-51(3)4)49-60-54(57)46-41-36-31-25-23-20-18-16-14-13-15-17-19-22-24-30-35-40-45-52(5)7-2/h51-53H,6-50H2,1-5H3/t52?,53-/m0/s1. The molecule has 0 amide bonds. The van der Waals surface area contributed by atoms with Crippen molar-refractivity contribution >= 4 is 17.9 Å². The third kappa shape index (κ3) is 47.9. The first kappa shape index (κ1) is 60.4. The lowest BCUT2D eigenvalue weighted by Crippen LogP contribution is -2.30. The molecule has 0 rings (SSSR count). The lowest BCUT2D eigenvalue weighted by atomic mass is 9.99. The zero-order chi connectivity index (χ0) is 45.4. The third-order valence-corrected chi connectivity index (χ3v) is 13.1. The lowest BCUT2D eigenvalue weighted by Gasteiger charge is -2.18. The molecule has 0 aromatic carbocycles. The van der Waals surface area contributed by atoms with E-state index in [0.717, 1.165) is 69.6 Å². The van der Waals surface area contributed by atoms with Crippen LogP contribution in [-0.2, 0) is 28.6 Å². The second-order valence-electron chi connectivity index (χ2n) is 19.9. The van der Waals surface area contributed by atoms with Crippen LogP contribution in [0, 0.1) is 11.8 Å². The summed E-state index contributed by atoms with van der Waals surface area (Å²) in [5.74, 6) is 0.860. The molecule has 2 atom stereocenters. The molecule has 6 nitrogen and oxygen atoms in total. The zero-order valence-electron chi connectivity index (χ0n) is 42.5. The molecule has 0 aliphatic heterocycles. The van der Waals surface area contributed by atoms with Gasteiger partial charge in [0.15, 0.2) is 6.10 Å². The van der Waals surface area contributed by atoms with E-state index in [2.05, 4.69) is 34.6 Å². The Kier molecular flexibility index (Phi) is 47.6. The Morgan fingerprint density at radius 1 is 0.339 bits per heavy atom. The first-order valence-corrected chi connectivity index (χ1v) is 27.8. The molecule has 0 fully saturated rings. The molecule has 0 aromatic rings. The van der Waals surface area contributed by atoms with Crippen molar-refractivity contribution in [2.75, 3.05) is 13.2 Å². The van der Waals surface area contributed by atoms with Crippen LogP contribution in [0.3, 0.4) is 0 Å². The molecular weight excluding hydrogens is 769 g/mol. The van der Waals surface area contributed by atoms with Crippen molar-refractivity contribution in [2.45, 2.75) is 317 Å². The van der Waals surface area contributed by atoms with Gasteiger partial charge in [0, 0.05) is 19.3 Å². The van der Waals surface area contributed by atoms with Gasteiger partial charge >= 0.3 is 17.9 Å². The Morgan fingerprint density at radius 2 is 0.613 bits per heavy atom. The molecule has 0 radical (unpaired) electrons. The van der Waals surface area contributed by atoms with Gasteiger partial charge in [0.25, 0.3) is 0 Å². The quantitative estimate of drug-likeness (QED) is 0.0344. The number of hydrogen-bond acceptors (Lipinski definition) is 6. The predicted molar refractivity (Wildman–Crippen MR) is 266 cm³/mol. The number of ether oxygens (including phenoxy) is 3. The Bertz CT molecular complexity index is 949. The normalized spacial score (nSPS) is 12.5. The van der Waals surface area contributed by atoms with Gasteiger partial charge < -0.3 is 14.2 Å². The van der Waals surface area contributed by atoms with E-state index in [0.29, 0.717) is 19.3 Å². The highest BCUT2D eigenvalue weighted by Gasteiger charge is 2.19. The fraction of sp³-hybridized carbons (Fsp3) is 0.946. The monoisotopic (exact) mass is 877 g/mol. The molecule has 0 aromatic heterocycles. The lowest BCUT2D eigenvalue weighted by molar-refractivity contribution is -0.167. The van der Waals surface area contributed by atoms with Gasteiger partial charge in [-0.25, -0.2) is 0 Å². The van der Waals surface area contributed by atoms with Gasteiger partial charge in [-0.15, -0.1) is 0 Å². The number of rotatable bonds is 50. The molecule has 0 spiro atoms. The summed E-state index contributed by atoms with van der Waals surface area (Å²) < 4.78 is 16.8. The number of esters is 3. The highest BCUT2D eigenvalue weighted by molar-refractivity contribution is 5.71. The van der Waals surface area contributed by atoms with Crippen molar-refractivity contribution in [3.63, 3.8) is 0 Å². The molecule has 0 heterocycles. The molecule has 0 aliphatic rings. The molecule has 6 heteroatoms. The van der Waals surface area contributed by atoms with Crippen molar-refractivity contribution < 1.29 is 28.6 Å². The second-order valence-corrected chi connectivity index (χ2v) is 19.9. The molecule has 0 bridgehead atoms. The maximum Gasteiger partial charge on any atom is 0.306 e. The summed E-state index contributed by atoms with van der Waals surface area (Å²) in [6.45, 7) is 11.4. The van der Waals surface area contributed by atoms with E-state index in [-0.39, 0.29) is 31.1 Å². The molecule has 368 valence electrons. The van der Waals surface area contributed by atoms with E-state index in [4.69, 9.17) is 14.2 Å². The summed E-state index contributed by atoms with van der Waals surface area (Å²) in [5.41, 5.74) is 0. The topological polar surface area (TPSA) is 78.9 Å². The van der Waals surface area contributed by atoms with Gasteiger partial charge in [-0.1, -0.05) is 272 Å². The van der Waals surface area contributed by atoms with Crippen LogP contribution >= 0.6 is 0 Å². The molecular formula is C56H108O6. The summed E-state index contributed by atoms with van der Waals surface area (Å²) in [7, 11) is 0. The Labute approximate surface area is 387 Å². The average molecular weight is 877 g/mol. The van der Waals surface area contributed by atoms with Crippen LogP contribution in [0.5, 0.6) is 0 Å².